The Balaban J connectivity index is 2.91. The van der Waals surface area contributed by atoms with Gasteiger partial charge in [0, 0.05) is 12.0 Å². The summed E-state index contributed by atoms with van der Waals surface area (Å²) in [5, 5.41) is -0.997. The van der Waals surface area contributed by atoms with Crippen LogP contribution >= 0.6 is 23.2 Å². The van der Waals surface area contributed by atoms with E-state index in [1.807, 2.05) is 0 Å². The van der Waals surface area contributed by atoms with Crippen LogP contribution in [0, 0.1) is 0 Å². The Kier molecular flexibility index (Phi) is 3.46. The molecule has 0 aliphatic carbocycles. The molecule has 4 heteroatoms. The summed E-state index contributed by atoms with van der Waals surface area (Å²) in [4.78, 5) is 21.3. The molecule has 1 aromatic rings. The van der Waals surface area contributed by atoms with Gasteiger partial charge in [0.15, 0.2) is 0 Å². The number of rotatable bonds is 3. The fourth-order valence-corrected chi connectivity index (χ4v) is 1.24. The molecule has 13 heavy (non-hydrogen) atoms. The smallest absolute Gasteiger partial charge is 0.252 e. The lowest BCUT2D eigenvalue weighted by Gasteiger charge is -1.98. The predicted molar refractivity (Wildman–Crippen MR) is 51.2 cm³/mol. The topological polar surface area (TPSA) is 34.1 Å². The van der Waals surface area contributed by atoms with Gasteiger partial charge in [-0.2, -0.15) is 0 Å². The van der Waals surface area contributed by atoms with E-state index in [9.17, 15) is 9.59 Å². The van der Waals surface area contributed by atoms with Crippen LogP contribution < -0.4 is 0 Å². The first-order chi connectivity index (χ1) is 6.09. The van der Waals surface area contributed by atoms with Crippen molar-refractivity contribution >= 4 is 33.7 Å². The molecule has 0 spiro atoms. The fourth-order valence-electron chi connectivity index (χ4n) is 0.964. The lowest BCUT2D eigenvalue weighted by Crippen LogP contribution is -1.96. The second-order valence-electron chi connectivity index (χ2n) is 2.51. The molecule has 0 atom stereocenters. The molecule has 1 rings (SSSR count). The molecule has 0 heterocycles. The van der Waals surface area contributed by atoms with Gasteiger partial charge < -0.3 is 0 Å². The highest BCUT2D eigenvalue weighted by atomic mass is 35.5. The summed E-state index contributed by atoms with van der Waals surface area (Å²) < 4.78 is 0. The molecule has 2 nitrogen and oxygen atoms in total. The number of carbonyl (C=O) groups is 2. The van der Waals surface area contributed by atoms with E-state index in [4.69, 9.17) is 23.2 Å². The molecule has 0 aliphatic heterocycles. The molecule has 0 N–H and O–H groups in total. The largest absolute Gasteiger partial charge is 0.281 e. The van der Waals surface area contributed by atoms with E-state index in [0.29, 0.717) is 11.1 Å². The van der Waals surface area contributed by atoms with Gasteiger partial charge in [-0.1, -0.05) is 18.2 Å². The van der Waals surface area contributed by atoms with Gasteiger partial charge in [-0.25, -0.2) is 0 Å². The van der Waals surface area contributed by atoms with Crippen molar-refractivity contribution in [3.8, 4) is 0 Å². The fraction of sp³-hybridized carbons (Fsp3) is 0.111. The third-order valence-corrected chi connectivity index (χ3v) is 1.85. The Labute approximate surface area is 85.5 Å². The van der Waals surface area contributed by atoms with Crippen LogP contribution in [0.5, 0.6) is 0 Å². The van der Waals surface area contributed by atoms with Gasteiger partial charge in [-0.15, -0.1) is 0 Å². The Morgan fingerprint density at radius 1 is 1.23 bits per heavy atom. The summed E-state index contributed by atoms with van der Waals surface area (Å²) >= 11 is 10.4. The Bertz CT molecular complexity index is 347. The number of hydrogen-bond donors (Lipinski definition) is 0. The minimum atomic E-state index is -0.538. The van der Waals surface area contributed by atoms with E-state index >= 15 is 0 Å². The first-order valence-corrected chi connectivity index (χ1v) is 4.32. The lowest BCUT2D eigenvalue weighted by molar-refractivity contribution is -0.111. The van der Waals surface area contributed by atoms with Gasteiger partial charge in [0.2, 0.25) is 5.24 Å². The van der Waals surface area contributed by atoms with Gasteiger partial charge in [-0.05, 0) is 34.8 Å². The van der Waals surface area contributed by atoms with Gasteiger partial charge in [0.1, 0.15) is 0 Å². The van der Waals surface area contributed by atoms with Crippen molar-refractivity contribution in [3.63, 3.8) is 0 Å². The molecule has 0 unspecified atom stereocenters. The van der Waals surface area contributed by atoms with Gasteiger partial charge in [0.25, 0.3) is 5.24 Å². The van der Waals surface area contributed by atoms with Crippen LogP contribution in [-0.4, -0.2) is 10.5 Å². The third-order valence-electron chi connectivity index (χ3n) is 1.50. The second-order valence-corrected chi connectivity index (χ2v) is 3.27. The highest BCUT2D eigenvalue weighted by Gasteiger charge is 2.04. The Hall–Kier alpha value is -0.860. The van der Waals surface area contributed by atoms with Crippen molar-refractivity contribution in [2.24, 2.45) is 0 Å². The van der Waals surface area contributed by atoms with E-state index < -0.39 is 10.5 Å². The van der Waals surface area contributed by atoms with Crippen molar-refractivity contribution in [3.05, 3.63) is 35.4 Å². The lowest BCUT2D eigenvalue weighted by atomic mass is 10.1. The molecule has 0 saturated heterocycles. The quantitative estimate of drug-likeness (QED) is 0.728. The number of benzene rings is 1. The Morgan fingerprint density at radius 2 is 1.92 bits per heavy atom. The minimum absolute atomic E-state index is 0.111. The maximum Gasteiger partial charge on any atom is 0.252 e. The molecule has 68 valence electrons. The number of carbonyl (C=O) groups excluding carboxylic acids is 2. The first kappa shape index (κ1) is 10.2. The zero-order valence-corrected chi connectivity index (χ0v) is 8.10. The molecule has 0 saturated carbocycles. The zero-order valence-electron chi connectivity index (χ0n) is 6.59. The molecule has 1 aromatic carbocycles. The van der Waals surface area contributed by atoms with Crippen LogP contribution in [0.4, 0.5) is 0 Å². The molecule has 0 aromatic heterocycles. The van der Waals surface area contributed by atoms with Crippen LogP contribution in [-0.2, 0) is 11.2 Å². The van der Waals surface area contributed by atoms with E-state index in [1.165, 1.54) is 0 Å². The minimum Gasteiger partial charge on any atom is -0.281 e. The average Bonchev–Trinajstić information content (AvgIpc) is 2.03. The SMILES string of the molecule is O=C(Cl)Cc1cccc(C(=O)Cl)c1. The molecule has 0 amide bonds. The maximum absolute atomic E-state index is 10.7. The maximum atomic E-state index is 10.7. The van der Waals surface area contributed by atoms with Crippen LogP contribution in [0.15, 0.2) is 24.3 Å². The standard InChI is InChI=1S/C9H6Cl2O2/c10-8(12)5-6-2-1-3-7(4-6)9(11)13/h1-4H,5H2. The van der Waals surface area contributed by atoms with Gasteiger partial charge >= 0.3 is 0 Å². The van der Waals surface area contributed by atoms with E-state index in [0.717, 1.165) is 0 Å². The van der Waals surface area contributed by atoms with Crippen LogP contribution in [0.3, 0.4) is 0 Å². The molecule has 0 bridgehead atoms. The highest BCUT2D eigenvalue weighted by molar-refractivity contribution is 6.67. The number of halogens is 2. The highest BCUT2D eigenvalue weighted by Crippen LogP contribution is 2.09. The third kappa shape index (κ3) is 3.17. The predicted octanol–water partition coefficient (Wildman–Crippen LogP) is 2.37. The van der Waals surface area contributed by atoms with E-state index in [1.54, 1.807) is 24.3 Å². The monoisotopic (exact) mass is 216 g/mol. The molecule has 0 fully saturated rings. The molecular formula is C9H6Cl2O2. The normalized spacial score (nSPS) is 9.69. The molecule has 0 aliphatic rings. The van der Waals surface area contributed by atoms with Crippen LogP contribution in [0.2, 0.25) is 0 Å². The molecular weight excluding hydrogens is 211 g/mol. The number of hydrogen-bond acceptors (Lipinski definition) is 2. The van der Waals surface area contributed by atoms with Crippen molar-refractivity contribution in [1.29, 1.82) is 0 Å². The Morgan fingerprint density at radius 3 is 2.46 bits per heavy atom. The van der Waals surface area contributed by atoms with Crippen molar-refractivity contribution in [2.75, 3.05) is 0 Å². The van der Waals surface area contributed by atoms with Crippen molar-refractivity contribution in [2.45, 2.75) is 6.42 Å². The average molecular weight is 217 g/mol. The van der Waals surface area contributed by atoms with E-state index in [2.05, 4.69) is 0 Å². The summed E-state index contributed by atoms with van der Waals surface area (Å²) in [7, 11) is 0. The second kappa shape index (κ2) is 4.40. The summed E-state index contributed by atoms with van der Waals surface area (Å²) in [6.07, 6.45) is 0.111. The summed E-state index contributed by atoms with van der Waals surface area (Å²) in [6, 6.07) is 6.50. The summed E-state index contributed by atoms with van der Waals surface area (Å²) in [5.41, 5.74) is 1.06. The van der Waals surface area contributed by atoms with Crippen LogP contribution in [0.25, 0.3) is 0 Å². The van der Waals surface area contributed by atoms with Crippen molar-refractivity contribution in [1.82, 2.24) is 0 Å². The van der Waals surface area contributed by atoms with Crippen LogP contribution in [0.1, 0.15) is 15.9 Å². The van der Waals surface area contributed by atoms with Gasteiger partial charge in [-0.3, -0.25) is 9.59 Å². The zero-order chi connectivity index (χ0) is 9.84. The summed E-state index contributed by atoms with van der Waals surface area (Å²) in [6.45, 7) is 0. The van der Waals surface area contributed by atoms with Crippen molar-refractivity contribution < 1.29 is 9.59 Å². The summed E-state index contributed by atoms with van der Waals surface area (Å²) in [5.74, 6) is 0. The van der Waals surface area contributed by atoms with E-state index in [-0.39, 0.29) is 6.42 Å². The molecule has 0 radical (unpaired) electrons. The van der Waals surface area contributed by atoms with Gasteiger partial charge in [0.05, 0.1) is 0 Å². The first-order valence-electron chi connectivity index (χ1n) is 3.56.